The predicted molar refractivity (Wildman–Crippen MR) is 94.6 cm³/mol. The van der Waals surface area contributed by atoms with E-state index in [0.717, 1.165) is 38.1 Å². The van der Waals surface area contributed by atoms with Crippen molar-refractivity contribution in [2.75, 3.05) is 19.7 Å². The summed E-state index contributed by atoms with van der Waals surface area (Å²) in [6.45, 7) is 1.95. The first-order valence-corrected chi connectivity index (χ1v) is 8.88. The molecule has 27 heavy (non-hydrogen) atoms. The zero-order valence-corrected chi connectivity index (χ0v) is 15.0. The van der Waals surface area contributed by atoms with E-state index in [4.69, 9.17) is 16.3 Å². The number of alkyl halides is 3. The second-order valence-corrected chi connectivity index (χ2v) is 6.77. The maximum atomic E-state index is 14.2. The van der Waals surface area contributed by atoms with E-state index in [2.05, 4.69) is 10.1 Å². The summed E-state index contributed by atoms with van der Waals surface area (Å²) in [4.78, 5) is 0. The van der Waals surface area contributed by atoms with Crippen LogP contribution in [0.1, 0.15) is 12.8 Å². The van der Waals surface area contributed by atoms with Crippen molar-refractivity contribution in [3.63, 3.8) is 0 Å². The normalized spacial score (nSPS) is 15.6. The summed E-state index contributed by atoms with van der Waals surface area (Å²) in [6, 6.07) is 7.96. The van der Waals surface area contributed by atoms with Crippen LogP contribution >= 0.6 is 11.6 Å². The van der Waals surface area contributed by atoms with Crippen molar-refractivity contribution in [3.8, 4) is 22.6 Å². The molecule has 2 aromatic carbocycles. The molecule has 0 spiro atoms. The molecule has 2 aromatic rings. The lowest BCUT2D eigenvalue weighted by Gasteiger charge is -2.23. The lowest BCUT2D eigenvalue weighted by molar-refractivity contribution is -0.275. The van der Waals surface area contributed by atoms with Crippen LogP contribution in [-0.4, -0.2) is 26.1 Å². The van der Waals surface area contributed by atoms with Gasteiger partial charge in [-0.15, -0.1) is 13.2 Å². The Balaban J connectivity index is 1.88. The Morgan fingerprint density at radius 2 is 1.78 bits per heavy atom. The van der Waals surface area contributed by atoms with Gasteiger partial charge in [-0.05, 0) is 67.7 Å². The molecule has 0 saturated carbocycles. The van der Waals surface area contributed by atoms with Gasteiger partial charge in [0, 0.05) is 10.6 Å². The zero-order chi connectivity index (χ0) is 19.4. The highest BCUT2D eigenvalue weighted by Crippen LogP contribution is 2.37. The highest BCUT2D eigenvalue weighted by atomic mass is 35.5. The number of hydrogen-bond donors (Lipinski definition) is 1. The molecule has 1 aliphatic heterocycles. The fourth-order valence-corrected chi connectivity index (χ4v) is 3.14. The van der Waals surface area contributed by atoms with Crippen LogP contribution in [0.5, 0.6) is 11.5 Å². The van der Waals surface area contributed by atoms with Crippen LogP contribution in [0.2, 0.25) is 5.02 Å². The van der Waals surface area contributed by atoms with Gasteiger partial charge in [-0.25, -0.2) is 4.39 Å². The molecule has 0 aliphatic carbocycles. The van der Waals surface area contributed by atoms with Crippen LogP contribution in [0.3, 0.4) is 0 Å². The molecule has 1 saturated heterocycles. The average molecular weight is 404 g/mol. The molecule has 1 aliphatic rings. The summed E-state index contributed by atoms with van der Waals surface area (Å²) in [5, 5.41) is 3.45. The fourth-order valence-electron chi connectivity index (χ4n) is 2.98. The highest BCUT2D eigenvalue weighted by molar-refractivity contribution is 6.30. The van der Waals surface area contributed by atoms with Gasteiger partial charge < -0.3 is 14.8 Å². The van der Waals surface area contributed by atoms with E-state index in [0.29, 0.717) is 5.56 Å². The maximum Gasteiger partial charge on any atom is 0.573 e. The molecular formula is C19H18ClF4NO2. The van der Waals surface area contributed by atoms with E-state index >= 15 is 0 Å². The molecule has 1 N–H and O–H groups in total. The quantitative estimate of drug-likeness (QED) is 0.676. The largest absolute Gasteiger partial charge is 0.573 e. The second kappa shape index (κ2) is 8.35. The van der Waals surface area contributed by atoms with E-state index < -0.39 is 17.9 Å². The Kier molecular flexibility index (Phi) is 6.11. The van der Waals surface area contributed by atoms with Gasteiger partial charge in [0.1, 0.15) is 5.82 Å². The molecule has 8 heteroatoms. The summed E-state index contributed by atoms with van der Waals surface area (Å²) < 4.78 is 61.9. The van der Waals surface area contributed by atoms with Crippen LogP contribution in [0.15, 0.2) is 36.4 Å². The molecule has 146 valence electrons. The second-order valence-electron chi connectivity index (χ2n) is 6.34. The van der Waals surface area contributed by atoms with Crippen molar-refractivity contribution in [2.24, 2.45) is 5.92 Å². The van der Waals surface area contributed by atoms with Gasteiger partial charge in [0.2, 0.25) is 0 Å². The van der Waals surface area contributed by atoms with Crippen molar-refractivity contribution < 1.29 is 27.0 Å². The standard InChI is InChI=1S/C19H18ClF4NO2/c20-14-2-3-15(16(21)10-14)13-1-4-17(27-19(22,23)24)18(9-13)26-11-12-5-7-25-8-6-12/h1-4,9-10,12,25H,5-8,11H2. The third-order valence-corrected chi connectivity index (χ3v) is 4.58. The third kappa shape index (κ3) is 5.49. The van der Waals surface area contributed by atoms with Crippen LogP contribution in [0.25, 0.3) is 11.1 Å². The average Bonchev–Trinajstić information content (AvgIpc) is 2.61. The SMILES string of the molecule is Fc1cc(Cl)ccc1-c1ccc(OC(F)(F)F)c(OCC2CCNCC2)c1. The van der Waals surface area contributed by atoms with Gasteiger partial charge in [0.05, 0.1) is 6.61 Å². The van der Waals surface area contributed by atoms with E-state index in [9.17, 15) is 17.6 Å². The monoisotopic (exact) mass is 403 g/mol. The van der Waals surface area contributed by atoms with Crippen LogP contribution in [0, 0.1) is 11.7 Å². The summed E-state index contributed by atoms with van der Waals surface area (Å²) in [6.07, 6.45) is -3.10. The van der Waals surface area contributed by atoms with Gasteiger partial charge in [-0.2, -0.15) is 0 Å². The number of rotatable bonds is 5. The first-order valence-electron chi connectivity index (χ1n) is 8.50. The van der Waals surface area contributed by atoms with E-state index in [-0.39, 0.29) is 28.9 Å². The Hall–Kier alpha value is -1.99. The van der Waals surface area contributed by atoms with Crippen LogP contribution < -0.4 is 14.8 Å². The van der Waals surface area contributed by atoms with Gasteiger partial charge in [0.25, 0.3) is 0 Å². The lowest BCUT2D eigenvalue weighted by Crippen LogP contribution is -2.30. The van der Waals surface area contributed by atoms with Crippen molar-refractivity contribution in [2.45, 2.75) is 19.2 Å². The smallest absolute Gasteiger partial charge is 0.489 e. The first-order chi connectivity index (χ1) is 12.8. The Bertz CT molecular complexity index is 792. The lowest BCUT2D eigenvalue weighted by atomic mass is 9.99. The minimum absolute atomic E-state index is 0.0716. The molecular weight excluding hydrogens is 386 g/mol. The number of piperidine rings is 1. The Morgan fingerprint density at radius 1 is 1.04 bits per heavy atom. The van der Waals surface area contributed by atoms with Gasteiger partial charge in [-0.3, -0.25) is 0 Å². The topological polar surface area (TPSA) is 30.5 Å². The fraction of sp³-hybridized carbons (Fsp3) is 0.368. The summed E-state index contributed by atoms with van der Waals surface area (Å²) in [5.74, 6) is -0.857. The predicted octanol–water partition coefficient (Wildman–Crippen LogP) is 5.42. The van der Waals surface area contributed by atoms with E-state index in [1.807, 2.05) is 0 Å². The van der Waals surface area contributed by atoms with E-state index in [1.165, 1.54) is 24.3 Å². The molecule has 3 nitrogen and oxygen atoms in total. The number of halogens is 5. The van der Waals surface area contributed by atoms with E-state index in [1.54, 1.807) is 0 Å². The van der Waals surface area contributed by atoms with Crippen LogP contribution in [-0.2, 0) is 0 Å². The first kappa shape index (κ1) is 19.8. The van der Waals surface area contributed by atoms with Gasteiger partial charge in [0.15, 0.2) is 11.5 Å². The van der Waals surface area contributed by atoms with Crippen LogP contribution in [0.4, 0.5) is 17.6 Å². The van der Waals surface area contributed by atoms with Crippen molar-refractivity contribution in [1.29, 1.82) is 0 Å². The van der Waals surface area contributed by atoms with Crippen molar-refractivity contribution in [3.05, 3.63) is 47.2 Å². The van der Waals surface area contributed by atoms with Gasteiger partial charge >= 0.3 is 6.36 Å². The maximum absolute atomic E-state index is 14.2. The highest BCUT2D eigenvalue weighted by Gasteiger charge is 2.32. The number of benzene rings is 2. The Morgan fingerprint density at radius 3 is 2.44 bits per heavy atom. The minimum Gasteiger partial charge on any atom is -0.489 e. The third-order valence-electron chi connectivity index (χ3n) is 4.34. The molecule has 0 amide bonds. The summed E-state index contributed by atoms with van der Waals surface area (Å²) in [7, 11) is 0. The zero-order valence-electron chi connectivity index (χ0n) is 14.3. The molecule has 0 aromatic heterocycles. The molecule has 0 bridgehead atoms. The number of nitrogens with one attached hydrogen (secondary N) is 1. The molecule has 3 rings (SSSR count). The molecule has 1 fully saturated rings. The molecule has 0 radical (unpaired) electrons. The molecule has 0 atom stereocenters. The molecule has 1 heterocycles. The van der Waals surface area contributed by atoms with Crippen molar-refractivity contribution >= 4 is 11.6 Å². The summed E-state index contributed by atoms with van der Waals surface area (Å²) >= 11 is 5.75. The number of hydrogen-bond acceptors (Lipinski definition) is 3. The minimum atomic E-state index is -4.85. The van der Waals surface area contributed by atoms with Crippen molar-refractivity contribution in [1.82, 2.24) is 5.32 Å². The summed E-state index contributed by atoms with van der Waals surface area (Å²) in [5.41, 5.74) is 0.587. The number of ether oxygens (including phenoxy) is 2. The Labute approximate surface area is 159 Å². The molecule has 0 unspecified atom stereocenters. The van der Waals surface area contributed by atoms with Gasteiger partial charge in [-0.1, -0.05) is 17.7 Å².